The SMILES string of the molecule is O=[Se](=O)(O)O[SeH].[NaH]. The van der Waals surface area contributed by atoms with E-state index in [1.807, 2.05) is 0 Å². The van der Waals surface area contributed by atoms with Gasteiger partial charge in [-0.05, 0) is 0 Å². The van der Waals surface area contributed by atoms with E-state index in [-0.39, 0.29) is 29.6 Å². The van der Waals surface area contributed by atoms with Crippen molar-refractivity contribution in [3.8, 4) is 0 Å². The zero-order chi connectivity index (χ0) is 5.21. The second kappa shape index (κ2) is 4.44. The molecule has 7 heteroatoms. The van der Waals surface area contributed by atoms with Gasteiger partial charge in [-0.1, -0.05) is 0 Å². The molecular weight excluding hydrogens is 245 g/mol. The minimum atomic E-state index is -4.81. The van der Waals surface area contributed by atoms with Crippen LogP contribution in [-0.4, -0.2) is 63.5 Å². The van der Waals surface area contributed by atoms with Crippen molar-refractivity contribution in [2.45, 2.75) is 0 Å². The Morgan fingerprint density at radius 1 is 1.57 bits per heavy atom. The second-order valence-electron chi connectivity index (χ2n) is 0.502. The first-order valence-corrected chi connectivity index (χ1v) is 4.50. The van der Waals surface area contributed by atoms with Crippen LogP contribution in [0.15, 0.2) is 0 Å². The maximum absolute atomic E-state index is 9.39. The van der Waals surface area contributed by atoms with Gasteiger partial charge < -0.3 is 0 Å². The molecule has 0 fully saturated rings. The van der Waals surface area contributed by atoms with Crippen molar-refractivity contribution < 1.29 is 14.8 Å². The third-order valence-corrected chi connectivity index (χ3v) is 2.54. The second-order valence-corrected chi connectivity index (χ2v) is 4.24. The van der Waals surface area contributed by atoms with E-state index in [9.17, 15) is 7.67 Å². The monoisotopic (exact) mass is 250 g/mol. The van der Waals surface area contributed by atoms with Gasteiger partial charge in [-0.2, -0.15) is 0 Å². The molecule has 0 bridgehead atoms. The van der Waals surface area contributed by atoms with Gasteiger partial charge in [0.05, 0.1) is 0 Å². The van der Waals surface area contributed by atoms with Crippen LogP contribution in [0.2, 0.25) is 0 Å². The Kier molecular flexibility index (Phi) is 7.21. The van der Waals surface area contributed by atoms with Crippen molar-refractivity contribution in [3.05, 3.63) is 0 Å². The minimum absolute atomic E-state index is 0. The molecule has 0 rings (SSSR count). The Labute approximate surface area is 73.3 Å². The normalized spacial score (nSPS) is 10.0. The van der Waals surface area contributed by atoms with Crippen LogP contribution < -0.4 is 0 Å². The molecular formula is H3NaO4Se2. The van der Waals surface area contributed by atoms with E-state index in [0.29, 0.717) is 0 Å². The average molecular weight is 248 g/mol. The number of hydrogen-bond donors (Lipinski definition) is 1. The summed E-state index contributed by atoms with van der Waals surface area (Å²) in [5.41, 5.74) is 0. The van der Waals surface area contributed by atoms with E-state index in [0.717, 1.165) is 0 Å². The van der Waals surface area contributed by atoms with Gasteiger partial charge in [0.1, 0.15) is 0 Å². The van der Waals surface area contributed by atoms with Crippen molar-refractivity contribution >= 4 is 59.3 Å². The molecule has 0 aromatic heterocycles. The molecule has 0 aliphatic carbocycles. The van der Waals surface area contributed by atoms with Crippen molar-refractivity contribution in [1.82, 2.24) is 0 Å². The van der Waals surface area contributed by atoms with Gasteiger partial charge in [0.15, 0.2) is 0 Å². The Morgan fingerprint density at radius 2 is 1.71 bits per heavy atom. The van der Waals surface area contributed by atoms with E-state index in [1.54, 1.807) is 0 Å². The molecule has 1 N–H and O–H groups in total. The Hall–Kier alpha value is 1.56. The molecule has 0 heterocycles. The quantitative estimate of drug-likeness (QED) is 0.519. The summed E-state index contributed by atoms with van der Waals surface area (Å²) in [5.74, 6) is 0. The molecule has 0 saturated heterocycles. The number of rotatable bonds is 1. The van der Waals surface area contributed by atoms with Crippen LogP contribution in [0.5, 0.6) is 0 Å². The molecule has 0 atom stereocenters. The van der Waals surface area contributed by atoms with Gasteiger partial charge >= 0.3 is 74.0 Å². The summed E-state index contributed by atoms with van der Waals surface area (Å²) in [7, 11) is 0. The van der Waals surface area contributed by atoms with Crippen LogP contribution in [0.1, 0.15) is 0 Å². The summed E-state index contributed by atoms with van der Waals surface area (Å²) in [6, 6.07) is 0. The van der Waals surface area contributed by atoms with Gasteiger partial charge in [0, 0.05) is 0 Å². The molecule has 0 aliphatic heterocycles. The zero-order valence-corrected chi connectivity index (χ0v) is 6.12. The van der Waals surface area contributed by atoms with Crippen LogP contribution in [0.4, 0.5) is 0 Å². The molecule has 0 unspecified atom stereocenters. The maximum atomic E-state index is 9.39. The molecule has 7 heavy (non-hydrogen) atoms. The summed E-state index contributed by atoms with van der Waals surface area (Å²) < 4.78 is 29.9. The fourth-order valence-electron chi connectivity index (χ4n) is 0. The van der Waals surface area contributed by atoms with E-state index < -0.39 is 13.4 Å². The summed E-state index contributed by atoms with van der Waals surface area (Å²) in [4.78, 5) is 0. The van der Waals surface area contributed by atoms with Crippen LogP contribution in [-0.2, 0) is 10.6 Å². The first kappa shape index (κ1) is 11.4. The van der Waals surface area contributed by atoms with E-state index >= 15 is 0 Å². The Bertz CT molecular complexity index is 112. The Morgan fingerprint density at radius 3 is 1.71 bits per heavy atom. The van der Waals surface area contributed by atoms with Crippen molar-refractivity contribution in [2.75, 3.05) is 0 Å². The predicted molar refractivity (Wildman–Crippen MR) is 24.7 cm³/mol. The molecule has 4 nitrogen and oxygen atoms in total. The fourth-order valence-corrected chi connectivity index (χ4v) is 0. The van der Waals surface area contributed by atoms with Gasteiger partial charge in [0.2, 0.25) is 0 Å². The van der Waals surface area contributed by atoms with Crippen molar-refractivity contribution in [1.29, 1.82) is 0 Å². The first-order chi connectivity index (χ1) is 2.56. The molecule has 0 radical (unpaired) electrons. The van der Waals surface area contributed by atoms with Crippen LogP contribution >= 0.6 is 0 Å². The van der Waals surface area contributed by atoms with Gasteiger partial charge in [-0.25, -0.2) is 0 Å². The summed E-state index contributed by atoms with van der Waals surface area (Å²) in [6.07, 6.45) is 0. The number of hydrogen-bond acceptors (Lipinski definition) is 3. The van der Waals surface area contributed by atoms with E-state index in [2.05, 4.69) is 2.90 Å². The van der Waals surface area contributed by atoms with E-state index in [4.69, 9.17) is 4.19 Å². The summed E-state index contributed by atoms with van der Waals surface area (Å²) >= 11 is -3.52. The Balaban J connectivity index is 0. The summed E-state index contributed by atoms with van der Waals surface area (Å²) in [5, 5.41) is 0. The zero-order valence-electron chi connectivity index (χ0n) is 2.53. The molecule has 40 valence electrons. The molecule has 0 aromatic rings. The molecule has 0 spiro atoms. The molecule has 0 aromatic carbocycles. The standard InChI is InChI=1S/Na.H2O4Se2.H/c;1-6(2,3)4-5;/h;5H,(H,1,2,3);. The van der Waals surface area contributed by atoms with Crippen LogP contribution in [0.3, 0.4) is 0 Å². The topological polar surface area (TPSA) is 63.6 Å². The molecule has 0 amide bonds. The fraction of sp³-hybridized carbons (Fsp3) is 0. The molecule has 0 aliphatic rings. The van der Waals surface area contributed by atoms with Crippen LogP contribution in [0.25, 0.3) is 0 Å². The third kappa shape index (κ3) is 11.2. The van der Waals surface area contributed by atoms with Crippen molar-refractivity contribution in [2.24, 2.45) is 0 Å². The first-order valence-electron chi connectivity index (χ1n) is 0.865. The van der Waals surface area contributed by atoms with Gasteiger partial charge in [0.25, 0.3) is 0 Å². The predicted octanol–water partition coefficient (Wildman–Crippen LogP) is -2.54. The molecule has 0 saturated carbocycles. The summed E-state index contributed by atoms with van der Waals surface area (Å²) in [6.45, 7) is 0. The third-order valence-electron chi connectivity index (χ3n) is 0.0942. The van der Waals surface area contributed by atoms with E-state index in [1.165, 1.54) is 16.3 Å². The van der Waals surface area contributed by atoms with Crippen molar-refractivity contribution in [3.63, 3.8) is 0 Å². The van der Waals surface area contributed by atoms with Gasteiger partial charge in [-0.15, -0.1) is 0 Å². The van der Waals surface area contributed by atoms with Crippen LogP contribution in [0, 0.1) is 0 Å². The average Bonchev–Trinajstić information content (AvgIpc) is 1.35. The van der Waals surface area contributed by atoms with Gasteiger partial charge in [-0.3, -0.25) is 0 Å².